The first-order valence-corrected chi connectivity index (χ1v) is 7.20. The summed E-state index contributed by atoms with van der Waals surface area (Å²) in [6.45, 7) is 0.353. The van der Waals surface area contributed by atoms with Gasteiger partial charge in [-0.1, -0.05) is 0 Å². The lowest BCUT2D eigenvalue weighted by Crippen LogP contribution is -2.31. The van der Waals surface area contributed by atoms with Crippen LogP contribution in [0.25, 0.3) is 0 Å². The lowest BCUT2D eigenvalue weighted by Gasteiger charge is -2.11. The highest BCUT2D eigenvalue weighted by Gasteiger charge is 2.07. The molecule has 0 aliphatic rings. The molecule has 0 aromatic carbocycles. The first-order chi connectivity index (χ1) is 11.5. The quantitative estimate of drug-likeness (QED) is 0.688. The van der Waals surface area contributed by atoms with E-state index in [0.29, 0.717) is 36.3 Å². The Labute approximate surface area is 139 Å². The van der Waals surface area contributed by atoms with Crippen LogP contribution in [0.5, 0.6) is 5.88 Å². The second kappa shape index (κ2) is 7.90. The molecule has 2 aromatic heterocycles. The van der Waals surface area contributed by atoms with E-state index in [4.69, 9.17) is 10.5 Å². The number of pyridine rings is 1. The Morgan fingerprint density at radius 1 is 1.29 bits per heavy atom. The van der Waals surface area contributed by atoms with Gasteiger partial charge in [0.1, 0.15) is 5.82 Å². The van der Waals surface area contributed by atoms with Gasteiger partial charge in [-0.3, -0.25) is 0 Å². The van der Waals surface area contributed by atoms with E-state index in [0.717, 1.165) is 0 Å². The Balaban J connectivity index is 1.84. The van der Waals surface area contributed by atoms with Crippen molar-refractivity contribution in [2.75, 3.05) is 43.7 Å². The molecule has 2 aromatic rings. The van der Waals surface area contributed by atoms with Gasteiger partial charge in [0, 0.05) is 33.1 Å². The summed E-state index contributed by atoms with van der Waals surface area (Å²) in [5, 5.41) is 5.38. The summed E-state index contributed by atoms with van der Waals surface area (Å²) in [6.07, 6.45) is 1.94. The van der Waals surface area contributed by atoms with Crippen LogP contribution in [0.15, 0.2) is 18.3 Å². The number of carbonyl (C=O) groups is 1. The number of anilines is 3. The van der Waals surface area contributed by atoms with Crippen molar-refractivity contribution in [3.8, 4) is 5.88 Å². The predicted molar refractivity (Wildman–Crippen MR) is 90.1 cm³/mol. The second-order valence-corrected chi connectivity index (χ2v) is 5.02. The predicted octanol–water partition coefficient (Wildman–Crippen LogP) is 0.288. The minimum Gasteiger partial charge on any atom is -0.481 e. The Kier molecular flexibility index (Phi) is 5.66. The summed E-state index contributed by atoms with van der Waals surface area (Å²) in [5.41, 5.74) is 6.21. The molecule has 24 heavy (non-hydrogen) atoms. The maximum Gasteiger partial charge on any atom is 0.319 e. The summed E-state index contributed by atoms with van der Waals surface area (Å²) in [4.78, 5) is 29.9. The molecule has 2 rings (SSSR count). The summed E-state index contributed by atoms with van der Waals surface area (Å²) in [6, 6.07) is 3.00. The smallest absolute Gasteiger partial charge is 0.319 e. The van der Waals surface area contributed by atoms with E-state index < -0.39 is 0 Å². The molecule has 0 aliphatic carbocycles. The van der Waals surface area contributed by atoms with Crippen LogP contribution in [-0.4, -0.2) is 53.7 Å². The first kappa shape index (κ1) is 17.2. The molecule has 0 bridgehead atoms. The molecular formula is C14H20N8O2. The molecule has 10 heteroatoms. The molecule has 2 heterocycles. The SMILES string of the molecule is COc1ccc(NC(=O)NCCc2nc(N)nc(N(C)C)n2)cn1. The van der Waals surface area contributed by atoms with Gasteiger partial charge in [0.2, 0.25) is 17.8 Å². The molecule has 2 amide bonds. The van der Waals surface area contributed by atoms with Gasteiger partial charge in [-0.25, -0.2) is 9.78 Å². The van der Waals surface area contributed by atoms with E-state index in [1.54, 1.807) is 17.0 Å². The molecule has 0 aliphatic heterocycles. The van der Waals surface area contributed by atoms with Crippen LogP contribution in [0.3, 0.4) is 0 Å². The zero-order chi connectivity index (χ0) is 17.5. The standard InChI is InChI=1S/C14H20N8O2/c1-22(2)13-20-10(19-12(15)21-13)6-7-16-14(23)18-9-4-5-11(24-3)17-8-9/h4-5,8H,6-7H2,1-3H3,(H2,16,18,23)(H2,15,19,20,21). The molecular weight excluding hydrogens is 312 g/mol. The van der Waals surface area contributed by atoms with Gasteiger partial charge in [0.05, 0.1) is 19.0 Å². The van der Waals surface area contributed by atoms with E-state index in [2.05, 4.69) is 30.6 Å². The molecule has 0 saturated heterocycles. The molecule has 128 valence electrons. The number of hydrogen-bond acceptors (Lipinski definition) is 8. The largest absolute Gasteiger partial charge is 0.481 e. The van der Waals surface area contributed by atoms with Gasteiger partial charge in [-0.15, -0.1) is 0 Å². The first-order valence-electron chi connectivity index (χ1n) is 7.20. The highest BCUT2D eigenvalue weighted by atomic mass is 16.5. The fraction of sp³-hybridized carbons (Fsp3) is 0.357. The number of ether oxygens (including phenoxy) is 1. The number of amides is 2. The van der Waals surface area contributed by atoms with Crippen molar-refractivity contribution in [1.29, 1.82) is 0 Å². The molecule has 10 nitrogen and oxygen atoms in total. The van der Waals surface area contributed by atoms with Crippen molar-refractivity contribution < 1.29 is 9.53 Å². The number of urea groups is 1. The summed E-state index contributed by atoms with van der Waals surface area (Å²) < 4.78 is 4.95. The molecule has 0 unspecified atom stereocenters. The molecule has 0 radical (unpaired) electrons. The monoisotopic (exact) mass is 332 g/mol. The van der Waals surface area contributed by atoms with Crippen LogP contribution in [0.4, 0.5) is 22.4 Å². The summed E-state index contributed by atoms with van der Waals surface area (Å²) in [5.74, 6) is 1.62. The number of nitrogen functional groups attached to an aromatic ring is 1. The molecule has 0 fully saturated rings. The van der Waals surface area contributed by atoms with Gasteiger partial charge in [-0.05, 0) is 6.07 Å². The topological polar surface area (TPSA) is 131 Å². The number of carbonyl (C=O) groups excluding carboxylic acids is 1. The number of nitrogens with two attached hydrogens (primary N) is 1. The maximum absolute atomic E-state index is 11.8. The van der Waals surface area contributed by atoms with Gasteiger partial charge >= 0.3 is 6.03 Å². The second-order valence-electron chi connectivity index (χ2n) is 5.02. The van der Waals surface area contributed by atoms with E-state index >= 15 is 0 Å². The summed E-state index contributed by atoms with van der Waals surface area (Å²) >= 11 is 0. The van der Waals surface area contributed by atoms with E-state index in [1.165, 1.54) is 13.3 Å². The van der Waals surface area contributed by atoms with E-state index in [9.17, 15) is 4.79 Å². The molecule has 4 N–H and O–H groups in total. The highest BCUT2D eigenvalue weighted by molar-refractivity contribution is 5.88. The van der Waals surface area contributed by atoms with Crippen molar-refractivity contribution in [3.05, 3.63) is 24.2 Å². The number of hydrogen-bond donors (Lipinski definition) is 3. The number of nitrogens with one attached hydrogen (secondary N) is 2. The van der Waals surface area contributed by atoms with Crippen LogP contribution in [0.1, 0.15) is 5.82 Å². The maximum atomic E-state index is 11.8. The molecule has 0 spiro atoms. The number of methoxy groups -OCH3 is 1. The van der Waals surface area contributed by atoms with Crippen molar-refractivity contribution in [2.24, 2.45) is 0 Å². The molecule has 0 saturated carbocycles. The normalized spacial score (nSPS) is 10.1. The Bertz CT molecular complexity index is 690. The third-order valence-corrected chi connectivity index (χ3v) is 2.92. The van der Waals surface area contributed by atoms with Crippen LogP contribution in [0, 0.1) is 0 Å². The minimum atomic E-state index is -0.350. The van der Waals surface area contributed by atoms with Crippen molar-refractivity contribution >= 4 is 23.6 Å². The van der Waals surface area contributed by atoms with Crippen molar-refractivity contribution in [1.82, 2.24) is 25.3 Å². The van der Waals surface area contributed by atoms with Gasteiger partial charge in [-0.2, -0.15) is 15.0 Å². The van der Waals surface area contributed by atoms with Crippen LogP contribution in [0.2, 0.25) is 0 Å². The van der Waals surface area contributed by atoms with Gasteiger partial charge < -0.3 is 26.0 Å². The zero-order valence-corrected chi connectivity index (χ0v) is 13.8. The van der Waals surface area contributed by atoms with Crippen LogP contribution >= 0.6 is 0 Å². The number of aromatic nitrogens is 4. The fourth-order valence-corrected chi connectivity index (χ4v) is 1.78. The Morgan fingerprint density at radius 3 is 2.71 bits per heavy atom. The van der Waals surface area contributed by atoms with Crippen molar-refractivity contribution in [2.45, 2.75) is 6.42 Å². The van der Waals surface area contributed by atoms with Crippen LogP contribution < -0.4 is 26.0 Å². The van der Waals surface area contributed by atoms with Gasteiger partial charge in [0.25, 0.3) is 0 Å². The lowest BCUT2D eigenvalue weighted by molar-refractivity contribution is 0.252. The number of nitrogens with zero attached hydrogens (tertiary/aromatic N) is 5. The third-order valence-electron chi connectivity index (χ3n) is 2.92. The minimum absolute atomic E-state index is 0.150. The molecule has 0 atom stereocenters. The number of rotatable bonds is 6. The fourth-order valence-electron chi connectivity index (χ4n) is 1.78. The summed E-state index contributed by atoms with van der Waals surface area (Å²) in [7, 11) is 5.15. The average Bonchev–Trinajstić information content (AvgIpc) is 2.55. The zero-order valence-electron chi connectivity index (χ0n) is 13.8. The van der Waals surface area contributed by atoms with Crippen molar-refractivity contribution in [3.63, 3.8) is 0 Å². The van der Waals surface area contributed by atoms with E-state index in [-0.39, 0.29) is 12.0 Å². The van der Waals surface area contributed by atoms with E-state index in [1.807, 2.05) is 14.1 Å². The Hall–Kier alpha value is -3.17. The van der Waals surface area contributed by atoms with Crippen LogP contribution in [-0.2, 0) is 6.42 Å². The average molecular weight is 332 g/mol. The third kappa shape index (κ3) is 4.93. The highest BCUT2D eigenvalue weighted by Crippen LogP contribution is 2.10. The van der Waals surface area contributed by atoms with Gasteiger partial charge in [0.15, 0.2) is 0 Å². The lowest BCUT2D eigenvalue weighted by atomic mass is 10.4. The Morgan fingerprint density at radius 2 is 2.08 bits per heavy atom.